The van der Waals surface area contributed by atoms with Crippen LogP contribution in [0, 0.1) is 6.92 Å². The summed E-state index contributed by atoms with van der Waals surface area (Å²) in [4.78, 5) is 0. The Morgan fingerprint density at radius 3 is 2.37 bits per heavy atom. The van der Waals surface area contributed by atoms with Gasteiger partial charge < -0.3 is 8.92 Å². The van der Waals surface area contributed by atoms with Gasteiger partial charge in [0, 0.05) is 6.61 Å². The van der Waals surface area contributed by atoms with Gasteiger partial charge in [-0.3, -0.25) is 4.18 Å². The van der Waals surface area contributed by atoms with Crippen molar-refractivity contribution in [3.8, 4) is 5.75 Å². The Bertz CT molecular complexity index is 376. The van der Waals surface area contributed by atoms with Gasteiger partial charge >= 0.3 is 11.4 Å². The van der Waals surface area contributed by atoms with Crippen LogP contribution in [-0.4, -0.2) is 23.5 Å². The number of aryl methyl sites for hydroxylation is 1. The molecule has 1 atom stereocenters. The molecule has 1 aromatic rings. The summed E-state index contributed by atoms with van der Waals surface area (Å²) >= 11 is -1.73. The van der Waals surface area contributed by atoms with Gasteiger partial charge in [-0.1, -0.05) is 17.7 Å². The van der Waals surface area contributed by atoms with E-state index < -0.39 is 11.4 Å². The molecule has 0 aliphatic rings. The summed E-state index contributed by atoms with van der Waals surface area (Å²) in [6.45, 7) is 7.09. The molecule has 0 heterocycles. The van der Waals surface area contributed by atoms with Crippen molar-refractivity contribution in [3.63, 3.8) is 0 Å². The van der Waals surface area contributed by atoms with Gasteiger partial charge in [-0.25, -0.2) is 0 Å². The number of unbranched alkanes of at least 4 members (excludes halogenated alkanes) is 1. The quantitative estimate of drug-likeness (QED) is 0.654. The molecule has 0 aliphatic carbocycles. The van der Waals surface area contributed by atoms with Gasteiger partial charge in [0.25, 0.3) is 0 Å². The minimum absolute atomic E-state index is 0.250. The van der Waals surface area contributed by atoms with Gasteiger partial charge in [-0.15, -0.1) is 0 Å². The zero-order valence-corrected chi connectivity index (χ0v) is 12.6. The predicted molar refractivity (Wildman–Crippen MR) is 76.2 cm³/mol. The summed E-state index contributed by atoms with van der Waals surface area (Å²) in [5.74, 6) is 0.548. The van der Waals surface area contributed by atoms with Crippen LogP contribution < -0.4 is 4.18 Å². The molecule has 0 aliphatic heterocycles. The number of hydrogen-bond acceptors (Lipinski definition) is 4. The molecule has 1 rings (SSSR count). The van der Waals surface area contributed by atoms with Gasteiger partial charge in [0.05, 0.1) is 12.7 Å². The molecule has 0 aromatic heterocycles. The zero-order chi connectivity index (χ0) is 14.1. The summed E-state index contributed by atoms with van der Waals surface area (Å²) in [5.41, 5.74) is 1.13. The van der Waals surface area contributed by atoms with Gasteiger partial charge in [-0.05, 0) is 45.7 Å². The van der Waals surface area contributed by atoms with Crippen LogP contribution in [0.5, 0.6) is 5.75 Å². The van der Waals surface area contributed by atoms with Crippen LogP contribution in [-0.2, 0) is 20.3 Å². The Balaban J connectivity index is 2.09. The van der Waals surface area contributed by atoms with Crippen LogP contribution in [0.2, 0.25) is 0 Å². The summed E-state index contributed by atoms with van der Waals surface area (Å²) < 4.78 is 27.1. The molecule has 108 valence electrons. The van der Waals surface area contributed by atoms with Gasteiger partial charge in [0.1, 0.15) is 5.75 Å². The monoisotopic (exact) mass is 286 g/mol. The maximum absolute atomic E-state index is 11.5. The summed E-state index contributed by atoms with van der Waals surface area (Å²) in [6, 6.07) is 7.34. The van der Waals surface area contributed by atoms with Crippen LogP contribution in [0.4, 0.5) is 0 Å². The molecule has 0 spiro atoms. The third kappa shape index (κ3) is 7.97. The second-order valence-corrected chi connectivity index (χ2v) is 5.36. The second kappa shape index (κ2) is 9.07. The third-order valence-corrected chi connectivity index (χ3v) is 3.04. The van der Waals surface area contributed by atoms with Crippen LogP contribution in [0.25, 0.3) is 0 Å². The van der Waals surface area contributed by atoms with E-state index >= 15 is 0 Å². The molecule has 0 amide bonds. The van der Waals surface area contributed by atoms with E-state index in [1.54, 1.807) is 12.1 Å². The van der Waals surface area contributed by atoms with Crippen LogP contribution in [0.15, 0.2) is 24.3 Å². The Hall–Kier alpha value is -0.910. The van der Waals surface area contributed by atoms with E-state index in [1.807, 2.05) is 32.9 Å². The topological polar surface area (TPSA) is 44.8 Å². The first-order valence-electron chi connectivity index (χ1n) is 6.49. The maximum atomic E-state index is 11.5. The summed E-state index contributed by atoms with van der Waals surface area (Å²) in [5, 5.41) is 0. The fraction of sp³-hybridized carbons (Fsp3) is 0.571. The van der Waals surface area contributed by atoms with E-state index in [0.29, 0.717) is 19.0 Å². The average Bonchev–Trinajstić information content (AvgIpc) is 2.36. The smallest absolute Gasteiger partial charge is 0.360 e. The van der Waals surface area contributed by atoms with Crippen molar-refractivity contribution >= 4 is 11.4 Å². The Kier molecular flexibility index (Phi) is 7.70. The molecular weight excluding hydrogens is 264 g/mol. The molecule has 4 nitrogen and oxygen atoms in total. The summed E-state index contributed by atoms with van der Waals surface area (Å²) in [6.07, 6.45) is 1.94. The van der Waals surface area contributed by atoms with Crippen molar-refractivity contribution in [2.24, 2.45) is 0 Å². The first kappa shape index (κ1) is 16.1. The fourth-order valence-electron chi connectivity index (χ4n) is 1.35. The molecule has 19 heavy (non-hydrogen) atoms. The molecular formula is C14H22O4S. The standard InChI is InChI=1S/C14H22O4S/c1-12(2)16-10-4-5-11-17-19(15)18-14-8-6-13(3)7-9-14/h6-9,12H,4-5,10-11H2,1-3H3. The molecule has 0 saturated carbocycles. The van der Waals surface area contributed by atoms with Crippen LogP contribution in [0.1, 0.15) is 32.3 Å². The normalized spacial score (nSPS) is 12.6. The highest BCUT2D eigenvalue weighted by Crippen LogP contribution is 2.13. The Morgan fingerprint density at radius 1 is 1.11 bits per heavy atom. The van der Waals surface area contributed by atoms with E-state index in [1.165, 1.54) is 0 Å². The molecule has 0 N–H and O–H groups in total. The zero-order valence-electron chi connectivity index (χ0n) is 11.8. The highest BCUT2D eigenvalue weighted by Gasteiger charge is 2.03. The summed E-state index contributed by atoms with van der Waals surface area (Å²) in [7, 11) is 0. The van der Waals surface area contributed by atoms with Gasteiger partial charge in [-0.2, -0.15) is 4.21 Å². The lowest BCUT2D eigenvalue weighted by atomic mass is 10.2. The molecule has 1 unspecified atom stereocenters. The molecule has 0 bridgehead atoms. The van der Waals surface area contributed by atoms with E-state index in [9.17, 15) is 4.21 Å². The average molecular weight is 286 g/mol. The molecule has 0 fully saturated rings. The first-order chi connectivity index (χ1) is 9.08. The Labute approximate surface area is 117 Å². The highest BCUT2D eigenvalue weighted by atomic mass is 32.2. The van der Waals surface area contributed by atoms with Crippen molar-refractivity contribution < 1.29 is 17.3 Å². The predicted octanol–water partition coefficient (Wildman–Crippen LogP) is 3.17. The molecule has 5 heteroatoms. The Morgan fingerprint density at radius 2 is 1.74 bits per heavy atom. The maximum Gasteiger partial charge on any atom is 0.360 e. The molecule has 0 saturated heterocycles. The number of benzene rings is 1. The van der Waals surface area contributed by atoms with Crippen molar-refractivity contribution in [2.75, 3.05) is 13.2 Å². The van der Waals surface area contributed by atoms with Crippen molar-refractivity contribution in [1.82, 2.24) is 0 Å². The minimum Gasteiger partial charge on any atom is -0.380 e. The lowest BCUT2D eigenvalue weighted by Gasteiger charge is -2.07. The number of ether oxygens (including phenoxy) is 1. The number of rotatable bonds is 9. The first-order valence-corrected chi connectivity index (χ1v) is 7.49. The molecule has 1 aromatic carbocycles. The third-order valence-electron chi connectivity index (χ3n) is 2.35. The van der Waals surface area contributed by atoms with E-state index in [0.717, 1.165) is 18.4 Å². The SMILES string of the molecule is Cc1ccc(OS(=O)OCCCCOC(C)C)cc1. The van der Waals surface area contributed by atoms with Crippen LogP contribution >= 0.6 is 0 Å². The largest absolute Gasteiger partial charge is 0.380 e. The van der Waals surface area contributed by atoms with Gasteiger partial charge in [0.15, 0.2) is 0 Å². The minimum atomic E-state index is -1.73. The van der Waals surface area contributed by atoms with E-state index in [4.69, 9.17) is 13.1 Å². The van der Waals surface area contributed by atoms with E-state index in [-0.39, 0.29) is 6.10 Å². The second-order valence-electron chi connectivity index (χ2n) is 4.55. The van der Waals surface area contributed by atoms with Crippen LogP contribution in [0.3, 0.4) is 0 Å². The fourth-order valence-corrected chi connectivity index (χ4v) is 1.92. The highest BCUT2D eigenvalue weighted by molar-refractivity contribution is 7.75. The van der Waals surface area contributed by atoms with E-state index in [2.05, 4.69) is 0 Å². The lowest BCUT2D eigenvalue weighted by Crippen LogP contribution is -2.08. The number of hydrogen-bond donors (Lipinski definition) is 0. The molecule has 0 radical (unpaired) electrons. The lowest BCUT2D eigenvalue weighted by molar-refractivity contribution is 0.0739. The van der Waals surface area contributed by atoms with Crippen molar-refractivity contribution in [1.29, 1.82) is 0 Å². The van der Waals surface area contributed by atoms with Crippen molar-refractivity contribution in [2.45, 2.75) is 39.7 Å². The van der Waals surface area contributed by atoms with Gasteiger partial charge in [0.2, 0.25) is 0 Å². The van der Waals surface area contributed by atoms with Crippen molar-refractivity contribution in [3.05, 3.63) is 29.8 Å².